The van der Waals surface area contributed by atoms with Crippen molar-refractivity contribution in [2.24, 2.45) is 0 Å². The minimum atomic E-state index is 0.924. The van der Waals surface area contributed by atoms with Crippen molar-refractivity contribution in [2.45, 2.75) is 26.9 Å². The summed E-state index contributed by atoms with van der Waals surface area (Å²) in [6, 6.07) is 4.35. The molecule has 0 aliphatic heterocycles. The van der Waals surface area contributed by atoms with Crippen LogP contribution >= 0.6 is 22.7 Å². The molecule has 2 aromatic heterocycles. The maximum absolute atomic E-state index is 4.23. The average Bonchev–Trinajstić information content (AvgIpc) is 2.77. The maximum Gasteiger partial charge on any atom is 0.0798 e. The molecule has 0 saturated heterocycles. The zero-order chi connectivity index (χ0) is 10.7. The molecule has 0 atom stereocenters. The predicted molar refractivity (Wildman–Crippen MR) is 66.5 cm³/mol. The second kappa shape index (κ2) is 4.88. The molecule has 0 fully saturated rings. The summed E-state index contributed by atoms with van der Waals surface area (Å²) in [7, 11) is 0. The Labute approximate surface area is 98.0 Å². The molecule has 0 radical (unpaired) electrons. The van der Waals surface area contributed by atoms with E-state index in [1.165, 1.54) is 14.6 Å². The first kappa shape index (κ1) is 10.8. The van der Waals surface area contributed by atoms with E-state index in [1.54, 1.807) is 11.3 Å². The first-order chi connectivity index (χ1) is 7.25. The van der Waals surface area contributed by atoms with Crippen molar-refractivity contribution < 1.29 is 0 Å². The van der Waals surface area contributed by atoms with Gasteiger partial charge in [-0.2, -0.15) is 0 Å². The minimum Gasteiger partial charge on any atom is -0.307 e. The van der Waals surface area contributed by atoms with E-state index >= 15 is 0 Å². The Morgan fingerprint density at radius 3 is 2.73 bits per heavy atom. The summed E-state index contributed by atoms with van der Waals surface area (Å²) in [5.41, 5.74) is 3.05. The molecule has 0 amide bonds. The zero-order valence-electron chi connectivity index (χ0n) is 8.91. The Hall–Kier alpha value is -0.710. The summed E-state index contributed by atoms with van der Waals surface area (Å²) in [6.07, 6.45) is 0. The number of aromatic nitrogens is 1. The van der Waals surface area contributed by atoms with E-state index in [4.69, 9.17) is 0 Å². The standard InChI is InChI=1S/C11H14N2S2/c1-8-3-4-10(15-8)5-12-6-11-9(2)13-7-14-11/h3-4,7,12H,5-6H2,1-2H3. The van der Waals surface area contributed by atoms with Crippen molar-refractivity contribution in [2.75, 3.05) is 0 Å². The summed E-state index contributed by atoms with van der Waals surface area (Å²) in [5.74, 6) is 0. The molecule has 4 heteroatoms. The van der Waals surface area contributed by atoms with Crippen molar-refractivity contribution in [1.29, 1.82) is 0 Å². The molecule has 0 saturated carbocycles. The lowest BCUT2D eigenvalue weighted by Crippen LogP contribution is -2.11. The minimum absolute atomic E-state index is 0.924. The van der Waals surface area contributed by atoms with Gasteiger partial charge >= 0.3 is 0 Å². The fourth-order valence-electron chi connectivity index (χ4n) is 1.38. The Kier molecular flexibility index (Phi) is 3.51. The summed E-state index contributed by atoms with van der Waals surface area (Å²) in [6.45, 7) is 6.08. The lowest BCUT2D eigenvalue weighted by molar-refractivity contribution is 0.705. The first-order valence-corrected chi connectivity index (χ1v) is 6.60. The highest BCUT2D eigenvalue weighted by molar-refractivity contribution is 7.11. The van der Waals surface area contributed by atoms with Crippen molar-refractivity contribution in [3.63, 3.8) is 0 Å². The summed E-state index contributed by atoms with van der Waals surface area (Å²) >= 11 is 3.57. The molecular weight excluding hydrogens is 224 g/mol. The Balaban J connectivity index is 1.83. The molecule has 1 N–H and O–H groups in total. The number of rotatable bonds is 4. The van der Waals surface area contributed by atoms with E-state index in [9.17, 15) is 0 Å². The molecular formula is C11H14N2S2. The van der Waals surface area contributed by atoms with Crippen LogP contribution in [0.3, 0.4) is 0 Å². The van der Waals surface area contributed by atoms with E-state index in [1.807, 2.05) is 16.8 Å². The zero-order valence-corrected chi connectivity index (χ0v) is 10.5. The highest BCUT2D eigenvalue weighted by atomic mass is 32.1. The summed E-state index contributed by atoms with van der Waals surface area (Å²) in [4.78, 5) is 8.34. The SMILES string of the molecule is Cc1ccc(CNCc2scnc2C)s1. The highest BCUT2D eigenvalue weighted by Gasteiger charge is 2.01. The van der Waals surface area contributed by atoms with Gasteiger partial charge in [0.2, 0.25) is 0 Å². The van der Waals surface area contributed by atoms with Crippen molar-refractivity contribution >= 4 is 22.7 Å². The number of nitrogens with zero attached hydrogens (tertiary/aromatic N) is 1. The molecule has 0 aliphatic carbocycles. The molecule has 2 nitrogen and oxygen atoms in total. The number of aryl methyl sites for hydroxylation is 2. The van der Waals surface area contributed by atoms with E-state index in [-0.39, 0.29) is 0 Å². The van der Waals surface area contributed by atoms with E-state index in [0.29, 0.717) is 0 Å². The normalized spacial score (nSPS) is 10.8. The highest BCUT2D eigenvalue weighted by Crippen LogP contribution is 2.15. The fraction of sp³-hybridized carbons (Fsp3) is 0.364. The molecule has 0 aromatic carbocycles. The van der Waals surface area contributed by atoms with Crippen LogP contribution in [0.15, 0.2) is 17.6 Å². The van der Waals surface area contributed by atoms with Crippen molar-refractivity contribution in [1.82, 2.24) is 10.3 Å². The fourth-order valence-corrected chi connectivity index (χ4v) is 2.98. The average molecular weight is 238 g/mol. The predicted octanol–water partition coefficient (Wildman–Crippen LogP) is 3.11. The number of hydrogen-bond acceptors (Lipinski definition) is 4. The third-order valence-corrected chi connectivity index (χ3v) is 4.16. The molecule has 2 heterocycles. The molecule has 0 aliphatic rings. The number of thiazole rings is 1. The van der Waals surface area contributed by atoms with Crippen molar-refractivity contribution in [3.05, 3.63) is 38.0 Å². The Morgan fingerprint density at radius 1 is 1.27 bits per heavy atom. The monoisotopic (exact) mass is 238 g/mol. The van der Waals surface area contributed by atoms with Gasteiger partial charge in [0.25, 0.3) is 0 Å². The van der Waals surface area contributed by atoms with E-state index in [2.05, 4.69) is 36.3 Å². The third kappa shape index (κ3) is 2.87. The second-order valence-corrected chi connectivity index (χ2v) is 5.79. The largest absolute Gasteiger partial charge is 0.307 e. The van der Waals surface area contributed by atoms with Gasteiger partial charge in [-0.1, -0.05) is 0 Å². The summed E-state index contributed by atoms with van der Waals surface area (Å²) in [5, 5.41) is 3.44. The number of nitrogens with one attached hydrogen (secondary N) is 1. The molecule has 0 spiro atoms. The van der Waals surface area contributed by atoms with E-state index in [0.717, 1.165) is 18.8 Å². The van der Waals surface area contributed by atoms with Gasteiger partial charge in [0.15, 0.2) is 0 Å². The van der Waals surface area contributed by atoms with Crippen LogP contribution in [-0.4, -0.2) is 4.98 Å². The lowest BCUT2D eigenvalue weighted by Gasteiger charge is -2.01. The molecule has 0 bridgehead atoms. The number of thiophene rings is 1. The second-order valence-electron chi connectivity index (χ2n) is 3.48. The van der Waals surface area contributed by atoms with Crippen LogP contribution in [-0.2, 0) is 13.1 Å². The molecule has 2 rings (SSSR count). The lowest BCUT2D eigenvalue weighted by atomic mass is 10.4. The van der Waals surface area contributed by atoms with Crippen LogP contribution in [0, 0.1) is 13.8 Å². The molecule has 2 aromatic rings. The maximum atomic E-state index is 4.23. The first-order valence-electron chi connectivity index (χ1n) is 4.90. The van der Waals surface area contributed by atoms with Gasteiger partial charge in [0.05, 0.1) is 11.2 Å². The number of hydrogen-bond donors (Lipinski definition) is 1. The van der Waals surface area contributed by atoms with Gasteiger partial charge < -0.3 is 5.32 Å². The van der Waals surface area contributed by atoms with Crippen molar-refractivity contribution in [3.8, 4) is 0 Å². The quantitative estimate of drug-likeness (QED) is 0.885. The van der Waals surface area contributed by atoms with Gasteiger partial charge in [0, 0.05) is 27.7 Å². The van der Waals surface area contributed by atoms with Gasteiger partial charge in [-0.05, 0) is 26.0 Å². The topological polar surface area (TPSA) is 24.9 Å². The van der Waals surface area contributed by atoms with Crippen LogP contribution in [0.5, 0.6) is 0 Å². The molecule has 80 valence electrons. The van der Waals surface area contributed by atoms with Crippen LogP contribution < -0.4 is 5.32 Å². The van der Waals surface area contributed by atoms with Crippen LogP contribution in [0.25, 0.3) is 0 Å². The van der Waals surface area contributed by atoms with Gasteiger partial charge in [-0.25, -0.2) is 4.98 Å². The molecule has 0 unspecified atom stereocenters. The molecule has 15 heavy (non-hydrogen) atoms. The Morgan fingerprint density at radius 2 is 2.13 bits per heavy atom. The van der Waals surface area contributed by atoms with Gasteiger partial charge in [0.1, 0.15) is 0 Å². The van der Waals surface area contributed by atoms with Crippen LogP contribution in [0.1, 0.15) is 20.3 Å². The van der Waals surface area contributed by atoms with Crippen LogP contribution in [0.4, 0.5) is 0 Å². The smallest absolute Gasteiger partial charge is 0.0798 e. The van der Waals surface area contributed by atoms with Crippen LogP contribution in [0.2, 0.25) is 0 Å². The Bertz CT molecular complexity index is 431. The summed E-state index contributed by atoms with van der Waals surface area (Å²) < 4.78 is 0. The van der Waals surface area contributed by atoms with E-state index < -0.39 is 0 Å². The van der Waals surface area contributed by atoms with Gasteiger partial charge in [-0.15, -0.1) is 22.7 Å². The third-order valence-electron chi connectivity index (χ3n) is 2.23. The van der Waals surface area contributed by atoms with Gasteiger partial charge in [-0.3, -0.25) is 0 Å².